The molecule has 0 unspecified atom stereocenters. The Balaban J connectivity index is 1.77. The molecule has 6 nitrogen and oxygen atoms in total. The third kappa shape index (κ3) is 4.08. The lowest BCUT2D eigenvalue weighted by molar-refractivity contribution is -0.137. The van der Waals surface area contributed by atoms with Crippen LogP contribution in [-0.2, 0) is 17.5 Å². The molecule has 9 heteroatoms. The number of amides is 1. The highest BCUT2D eigenvalue weighted by Gasteiger charge is 2.30. The van der Waals surface area contributed by atoms with E-state index in [-0.39, 0.29) is 12.5 Å². The lowest BCUT2D eigenvalue weighted by Crippen LogP contribution is -2.38. The number of carbonyl (C=O) groups is 1. The molecule has 0 saturated carbocycles. The number of hydrogen-bond acceptors (Lipinski definition) is 3. The Hall–Kier alpha value is -3.10. The van der Waals surface area contributed by atoms with Gasteiger partial charge in [-0.3, -0.25) is 9.20 Å². The van der Waals surface area contributed by atoms with E-state index in [1.54, 1.807) is 18.3 Å². The van der Waals surface area contributed by atoms with Crippen molar-refractivity contribution in [1.29, 1.82) is 0 Å². The van der Waals surface area contributed by atoms with Crippen molar-refractivity contribution in [2.45, 2.75) is 32.6 Å². The van der Waals surface area contributed by atoms with Gasteiger partial charge in [-0.2, -0.15) is 18.3 Å². The Morgan fingerprint density at radius 1 is 1.18 bits per heavy atom. The largest absolute Gasteiger partial charge is 0.416 e. The van der Waals surface area contributed by atoms with E-state index in [0.717, 1.165) is 16.8 Å². The number of alkyl halides is 3. The first-order valence-electron chi connectivity index (χ1n) is 8.66. The predicted octanol–water partition coefficient (Wildman–Crippen LogP) is 3.03. The SMILES string of the molecule is CC(C)[C@H](NC(=O)Cn1ncc2cccn2c1=O)c1ccc(C(F)(F)F)cc1. The van der Waals surface area contributed by atoms with Crippen molar-refractivity contribution in [2.24, 2.45) is 5.92 Å². The van der Waals surface area contributed by atoms with E-state index in [1.165, 1.54) is 22.7 Å². The topological polar surface area (TPSA) is 68.4 Å². The summed E-state index contributed by atoms with van der Waals surface area (Å²) in [5.74, 6) is -0.531. The molecular weight excluding hydrogens is 373 g/mol. The Bertz CT molecular complexity index is 1040. The van der Waals surface area contributed by atoms with Crippen LogP contribution < -0.4 is 11.0 Å². The van der Waals surface area contributed by atoms with Crippen LogP contribution in [0.4, 0.5) is 13.2 Å². The van der Waals surface area contributed by atoms with Crippen molar-refractivity contribution >= 4 is 11.4 Å². The van der Waals surface area contributed by atoms with Crippen molar-refractivity contribution in [3.8, 4) is 0 Å². The van der Waals surface area contributed by atoms with Gasteiger partial charge in [0.05, 0.1) is 23.3 Å². The number of halogens is 3. The average molecular weight is 392 g/mol. The number of fused-ring (bicyclic) bond motifs is 1. The molecule has 3 rings (SSSR count). The summed E-state index contributed by atoms with van der Waals surface area (Å²) in [5.41, 5.74) is -0.0295. The molecule has 2 heterocycles. The molecule has 1 N–H and O–H groups in total. The maximum Gasteiger partial charge on any atom is 0.416 e. The molecule has 0 aliphatic rings. The number of rotatable bonds is 5. The van der Waals surface area contributed by atoms with Gasteiger partial charge in [-0.15, -0.1) is 0 Å². The Morgan fingerprint density at radius 2 is 1.86 bits per heavy atom. The van der Waals surface area contributed by atoms with Gasteiger partial charge in [-0.25, -0.2) is 9.48 Å². The summed E-state index contributed by atoms with van der Waals surface area (Å²) < 4.78 is 40.6. The molecule has 148 valence electrons. The molecular formula is C19H19F3N4O2. The Labute approximate surface area is 158 Å². The minimum absolute atomic E-state index is 0.0719. The molecule has 1 atom stereocenters. The minimum atomic E-state index is -4.42. The summed E-state index contributed by atoms with van der Waals surface area (Å²) in [6.07, 6.45) is -1.36. The van der Waals surface area contributed by atoms with Crippen LogP contribution in [0.5, 0.6) is 0 Å². The van der Waals surface area contributed by atoms with Crippen LogP contribution in [0.25, 0.3) is 5.52 Å². The van der Waals surface area contributed by atoms with Gasteiger partial charge in [0.15, 0.2) is 0 Å². The zero-order chi connectivity index (χ0) is 20.5. The molecule has 0 aliphatic carbocycles. The fourth-order valence-corrected chi connectivity index (χ4v) is 2.95. The summed E-state index contributed by atoms with van der Waals surface area (Å²) in [6.45, 7) is 3.40. The number of aromatic nitrogens is 3. The fourth-order valence-electron chi connectivity index (χ4n) is 2.95. The van der Waals surface area contributed by atoms with E-state index in [0.29, 0.717) is 11.1 Å². The highest BCUT2D eigenvalue weighted by Crippen LogP contribution is 2.31. The fraction of sp³-hybridized carbons (Fsp3) is 0.316. The lowest BCUT2D eigenvalue weighted by atomic mass is 9.95. The smallest absolute Gasteiger partial charge is 0.347 e. The number of nitrogens with zero attached hydrogens (tertiary/aromatic N) is 3. The van der Waals surface area contributed by atoms with E-state index in [1.807, 2.05) is 13.8 Å². The van der Waals surface area contributed by atoms with Gasteiger partial charge in [0.1, 0.15) is 6.54 Å². The van der Waals surface area contributed by atoms with Crippen LogP contribution >= 0.6 is 0 Å². The van der Waals surface area contributed by atoms with Crippen LogP contribution in [0, 0.1) is 5.92 Å². The maximum atomic E-state index is 12.7. The first-order chi connectivity index (χ1) is 13.2. The molecule has 0 saturated heterocycles. The summed E-state index contributed by atoms with van der Waals surface area (Å²) in [6, 6.07) is 7.60. The zero-order valence-corrected chi connectivity index (χ0v) is 15.3. The van der Waals surface area contributed by atoms with E-state index in [2.05, 4.69) is 10.4 Å². The summed E-state index contributed by atoms with van der Waals surface area (Å²) >= 11 is 0. The van der Waals surface area contributed by atoms with Crippen LogP contribution in [0.3, 0.4) is 0 Å². The third-order valence-corrected chi connectivity index (χ3v) is 4.41. The first-order valence-corrected chi connectivity index (χ1v) is 8.66. The summed E-state index contributed by atoms with van der Waals surface area (Å²) in [5, 5.41) is 6.76. The molecule has 0 bridgehead atoms. The van der Waals surface area contributed by atoms with Gasteiger partial charge < -0.3 is 5.32 Å². The molecule has 0 spiro atoms. The number of nitrogens with one attached hydrogen (secondary N) is 1. The van der Waals surface area contributed by atoms with Gasteiger partial charge in [0.2, 0.25) is 5.91 Å². The van der Waals surface area contributed by atoms with Gasteiger partial charge in [0.25, 0.3) is 0 Å². The quantitative estimate of drug-likeness (QED) is 0.726. The number of carbonyl (C=O) groups excluding carboxylic acids is 1. The van der Waals surface area contributed by atoms with E-state index < -0.39 is 29.4 Å². The highest BCUT2D eigenvalue weighted by molar-refractivity contribution is 5.76. The highest BCUT2D eigenvalue weighted by atomic mass is 19.4. The molecule has 28 heavy (non-hydrogen) atoms. The molecule has 0 aliphatic heterocycles. The third-order valence-electron chi connectivity index (χ3n) is 4.41. The molecule has 1 aromatic carbocycles. The average Bonchev–Trinajstić information content (AvgIpc) is 3.11. The predicted molar refractivity (Wildman–Crippen MR) is 96.6 cm³/mol. The van der Waals surface area contributed by atoms with Crippen LogP contribution in [0.1, 0.15) is 31.0 Å². The summed E-state index contributed by atoms with van der Waals surface area (Å²) in [7, 11) is 0. The van der Waals surface area contributed by atoms with Crippen LogP contribution in [0.2, 0.25) is 0 Å². The second-order valence-corrected chi connectivity index (χ2v) is 6.80. The maximum absolute atomic E-state index is 12.7. The van der Waals surface area contributed by atoms with Crippen LogP contribution in [-0.4, -0.2) is 20.1 Å². The molecule has 1 amide bonds. The van der Waals surface area contributed by atoms with Gasteiger partial charge in [-0.1, -0.05) is 26.0 Å². The molecule has 2 aromatic heterocycles. The Morgan fingerprint density at radius 3 is 2.46 bits per heavy atom. The monoisotopic (exact) mass is 392 g/mol. The van der Waals surface area contributed by atoms with Crippen molar-refractivity contribution < 1.29 is 18.0 Å². The zero-order valence-electron chi connectivity index (χ0n) is 15.3. The first kappa shape index (κ1) is 19.7. The number of benzene rings is 1. The van der Waals surface area contributed by atoms with Gasteiger partial charge in [-0.05, 0) is 35.7 Å². The second-order valence-electron chi connectivity index (χ2n) is 6.80. The number of hydrogen-bond donors (Lipinski definition) is 1. The van der Waals surface area contributed by atoms with Crippen molar-refractivity contribution in [1.82, 2.24) is 19.5 Å². The molecule has 0 fully saturated rings. The van der Waals surface area contributed by atoms with Crippen LogP contribution in [0.15, 0.2) is 53.6 Å². The normalized spacial score (nSPS) is 13.1. The van der Waals surface area contributed by atoms with Crippen molar-refractivity contribution in [2.75, 3.05) is 0 Å². The van der Waals surface area contributed by atoms with Crippen molar-refractivity contribution in [3.63, 3.8) is 0 Å². The Kier molecular flexibility index (Phi) is 5.26. The minimum Gasteiger partial charge on any atom is -0.347 e. The lowest BCUT2D eigenvalue weighted by Gasteiger charge is -2.23. The molecule has 3 aromatic rings. The van der Waals surface area contributed by atoms with Gasteiger partial charge >= 0.3 is 11.9 Å². The van der Waals surface area contributed by atoms with E-state index >= 15 is 0 Å². The second kappa shape index (κ2) is 7.49. The van der Waals surface area contributed by atoms with E-state index in [9.17, 15) is 22.8 Å². The van der Waals surface area contributed by atoms with E-state index in [4.69, 9.17) is 0 Å². The van der Waals surface area contributed by atoms with Crippen molar-refractivity contribution in [3.05, 3.63) is 70.4 Å². The summed E-state index contributed by atoms with van der Waals surface area (Å²) in [4.78, 5) is 24.8. The van der Waals surface area contributed by atoms with Gasteiger partial charge in [0, 0.05) is 6.20 Å². The standard InChI is InChI=1S/C19H19F3N4O2/c1-12(2)17(13-5-7-14(8-6-13)19(20,21)22)24-16(27)11-26-18(28)25-9-3-4-15(25)10-23-26/h3-10,12,17H,11H2,1-2H3,(H,24,27)/t17-/m0/s1. The molecule has 0 radical (unpaired) electrons.